The van der Waals surface area contributed by atoms with Crippen LogP contribution in [-0.2, 0) is 24.4 Å². The molecular weight excluding hydrogens is 261 g/mol. The highest BCUT2D eigenvalue weighted by atomic mass is 19.1. The molecule has 1 aromatic heterocycles. The number of nitrogens with zero attached hydrogens (tertiary/aromatic N) is 4. The molecule has 0 unspecified atom stereocenters. The number of hydrogen-bond acceptors (Lipinski definition) is 4. The Balaban J connectivity index is 1.95. The molecule has 2 N–H and O–H groups in total. The lowest BCUT2D eigenvalue weighted by molar-refractivity contribution is -0.131. The van der Waals surface area contributed by atoms with Crippen molar-refractivity contribution in [3.05, 3.63) is 47.5 Å². The normalized spacial score (nSPS) is 10.6. The molecule has 0 aliphatic carbocycles. The molecule has 0 aliphatic heterocycles. The van der Waals surface area contributed by atoms with Crippen molar-refractivity contribution in [1.82, 2.24) is 19.9 Å². The number of carbonyl (C=O) groups is 1. The minimum absolute atomic E-state index is 0.0822. The molecule has 0 radical (unpaired) electrons. The van der Waals surface area contributed by atoms with Crippen LogP contribution in [0.25, 0.3) is 0 Å². The van der Waals surface area contributed by atoms with Crippen LogP contribution in [0.1, 0.15) is 11.3 Å². The molecule has 0 bridgehead atoms. The minimum Gasteiger partial charge on any atom is -0.340 e. The van der Waals surface area contributed by atoms with Crippen molar-refractivity contribution in [2.45, 2.75) is 19.6 Å². The van der Waals surface area contributed by atoms with E-state index in [2.05, 4.69) is 10.3 Å². The van der Waals surface area contributed by atoms with Gasteiger partial charge in [-0.3, -0.25) is 4.79 Å². The highest BCUT2D eigenvalue weighted by Crippen LogP contribution is 2.06. The van der Waals surface area contributed by atoms with Crippen LogP contribution in [-0.4, -0.2) is 32.8 Å². The molecule has 1 heterocycles. The summed E-state index contributed by atoms with van der Waals surface area (Å²) >= 11 is 0. The van der Waals surface area contributed by atoms with Gasteiger partial charge in [0.2, 0.25) is 5.91 Å². The SMILES string of the molecule is CN(Cc1cccc(F)c1)C(=O)Cn1cc(CN)nn1. The van der Waals surface area contributed by atoms with Gasteiger partial charge in [0, 0.05) is 20.1 Å². The summed E-state index contributed by atoms with van der Waals surface area (Å²) in [7, 11) is 1.66. The smallest absolute Gasteiger partial charge is 0.244 e. The van der Waals surface area contributed by atoms with E-state index in [1.54, 1.807) is 25.4 Å². The van der Waals surface area contributed by atoms with E-state index in [0.717, 1.165) is 5.56 Å². The molecule has 0 aliphatic rings. The Labute approximate surface area is 116 Å². The third-order valence-corrected chi connectivity index (χ3v) is 2.83. The van der Waals surface area contributed by atoms with Crippen LogP contribution in [0, 0.1) is 5.82 Å². The van der Waals surface area contributed by atoms with E-state index < -0.39 is 0 Å². The summed E-state index contributed by atoms with van der Waals surface area (Å²) < 4.78 is 14.5. The highest BCUT2D eigenvalue weighted by molar-refractivity contribution is 5.75. The molecule has 6 nitrogen and oxygen atoms in total. The van der Waals surface area contributed by atoms with Crippen LogP contribution in [0.15, 0.2) is 30.5 Å². The Morgan fingerprint density at radius 2 is 2.30 bits per heavy atom. The fourth-order valence-electron chi connectivity index (χ4n) is 1.77. The second kappa shape index (κ2) is 6.25. The molecule has 2 aromatic rings. The first-order valence-electron chi connectivity index (χ1n) is 6.16. The summed E-state index contributed by atoms with van der Waals surface area (Å²) in [4.78, 5) is 13.5. The summed E-state index contributed by atoms with van der Waals surface area (Å²) in [6.45, 7) is 0.709. The molecule has 1 aromatic carbocycles. The molecule has 0 fully saturated rings. The lowest BCUT2D eigenvalue weighted by Gasteiger charge is -2.17. The van der Waals surface area contributed by atoms with E-state index in [1.165, 1.54) is 21.7 Å². The van der Waals surface area contributed by atoms with Crippen LogP contribution in [0.5, 0.6) is 0 Å². The van der Waals surface area contributed by atoms with Crippen LogP contribution in [0.3, 0.4) is 0 Å². The van der Waals surface area contributed by atoms with Crippen molar-refractivity contribution < 1.29 is 9.18 Å². The Kier molecular flexibility index (Phi) is 4.41. The zero-order valence-electron chi connectivity index (χ0n) is 11.2. The first kappa shape index (κ1) is 14.1. The van der Waals surface area contributed by atoms with Gasteiger partial charge in [-0.1, -0.05) is 17.3 Å². The first-order valence-corrected chi connectivity index (χ1v) is 6.16. The summed E-state index contributed by atoms with van der Waals surface area (Å²) in [5.41, 5.74) is 6.79. The van der Waals surface area contributed by atoms with Crippen LogP contribution < -0.4 is 5.73 Å². The van der Waals surface area contributed by atoms with Gasteiger partial charge in [0.15, 0.2) is 0 Å². The second-order valence-electron chi connectivity index (χ2n) is 4.49. The van der Waals surface area contributed by atoms with E-state index in [4.69, 9.17) is 5.73 Å². The van der Waals surface area contributed by atoms with E-state index >= 15 is 0 Å². The maximum absolute atomic E-state index is 13.1. The van der Waals surface area contributed by atoms with Gasteiger partial charge >= 0.3 is 0 Å². The predicted octanol–water partition coefficient (Wildman–Crippen LogP) is 0.534. The van der Waals surface area contributed by atoms with Gasteiger partial charge in [-0.2, -0.15) is 0 Å². The quantitative estimate of drug-likeness (QED) is 0.865. The Bertz CT molecular complexity index is 598. The number of rotatable bonds is 5. The maximum atomic E-state index is 13.1. The molecule has 20 heavy (non-hydrogen) atoms. The lowest BCUT2D eigenvalue weighted by Crippen LogP contribution is -2.30. The van der Waals surface area contributed by atoms with Crippen molar-refractivity contribution >= 4 is 5.91 Å². The van der Waals surface area contributed by atoms with Crippen LogP contribution >= 0.6 is 0 Å². The number of nitrogens with two attached hydrogens (primary N) is 1. The van der Waals surface area contributed by atoms with Gasteiger partial charge in [0.1, 0.15) is 12.4 Å². The molecule has 1 amide bonds. The number of aromatic nitrogens is 3. The van der Waals surface area contributed by atoms with Crippen molar-refractivity contribution in [1.29, 1.82) is 0 Å². The summed E-state index contributed by atoms with van der Waals surface area (Å²) in [5, 5.41) is 7.62. The van der Waals surface area contributed by atoms with Gasteiger partial charge in [-0.05, 0) is 17.7 Å². The highest BCUT2D eigenvalue weighted by Gasteiger charge is 2.11. The topological polar surface area (TPSA) is 77.0 Å². The Hall–Kier alpha value is -2.28. The molecule has 0 saturated heterocycles. The lowest BCUT2D eigenvalue weighted by atomic mass is 10.2. The average Bonchev–Trinajstić information content (AvgIpc) is 2.86. The molecule has 2 rings (SSSR count). The molecule has 7 heteroatoms. The van der Waals surface area contributed by atoms with E-state index in [1.807, 2.05) is 0 Å². The summed E-state index contributed by atoms with van der Waals surface area (Å²) in [6, 6.07) is 6.17. The molecule has 0 atom stereocenters. The van der Waals surface area contributed by atoms with Crippen molar-refractivity contribution in [3.63, 3.8) is 0 Å². The van der Waals surface area contributed by atoms with Gasteiger partial charge in [0.25, 0.3) is 0 Å². The molecule has 0 spiro atoms. The van der Waals surface area contributed by atoms with Crippen LogP contribution in [0.4, 0.5) is 4.39 Å². The number of halogens is 1. The van der Waals surface area contributed by atoms with Crippen molar-refractivity contribution in [2.75, 3.05) is 7.05 Å². The van der Waals surface area contributed by atoms with Crippen molar-refractivity contribution in [3.8, 4) is 0 Å². The number of hydrogen-bond donors (Lipinski definition) is 1. The van der Waals surface area contributed by atoms with Crippen LogP contribution in [0.2, 0.25) is 0 Å². The third-order valence-electron chi connectivity index (χ3n) is 2.83. The summed E-state index contributed by atoms with van der Waals surface area (Å²) in [5.74, 6) is -0.449. The number of benzene rings is 1. The van der Waals surface area contributed by atoms with E-state index in [0.29, 0.717) is 12.2 Å². The Morgan fingerprint density at radius 3 is 2.95 bits per heavy atom. The van der Waals surface area contributed by atoms with Gasteiger partial charge in [0.05, 0.1) is 11.9 Å². The van der Waals surface area contributed by atoms with Gasteiger partial charge < -0.3 is 10.6 Å². The first-order chi connectivity index (χ1) is 9.58. The fourth-order valence-corrected chi connectivity index (χ4v) is 1.77. The van der Waals surface area contributed by atoms with Gasteiger partial charge in [-0.25, -0.2) is 9.07 Å². The zero-order valence-corrected chi connectivity index (χ0v) is 11.2. The second-order valence-corrected chi connectivity index (χ2v) is 4.49. The van der Waals surface area contributed by atoms with Gasteiger partial charge in [-0.15, -0.1) is 5.10 Å². The van der Waals surface area contributed by atoms with E-state index in [9.17, 15) is 9.18 Å². The fraction of sp³-hybridized carbons (Fsp3) is 0.308. The maximum Gasteiger partial charge on any atom is 0.244 e. The summed E-state index contributed by atoms with van der Waals surface area (Å²) in [6.07, 6.45) is 1.63. The standard InChI is InChI=1S/C13H16FN5O/c1-18(7-10-3-2-4-11(14)5-10)13(20)9-19-8-12(6-15)16-17-19/h2-5,8H,6-7,9,15H2,1H3. The number of amides is 1. The molecule has 106 valence electrons. The van der Waals surface area contributed by atoms with Crippen molar-refractivity contribution in [2.24, 2.45) is 5.73 Å². The Morgan fingerprint density at radius 1 is 1.50 bits per heavy atom. The number of likely N-dealkylation sites (N-methyl/N-ethyl adjacent to an activating group) is 1. The number of carbonyl (C=O) groups excluding carboxylic acids is 1. The molecular formula is C13H16FN5O. The predicted molar refractivity (Wildman–Crippen MR) is 70.8 cm³/mol. The third kappa shape index (κ3) is 3.61. The van der Waals surface area contributed by atoms with E-state index in [-0.39, 0.29) is 24.8 Å². The largest absolute Gasteiger partial charge is 0.340 e. The molecule has 0 saturated carbocycles. The monoisotopic (exact) mass is 277 g/mol. The average molecular weight is 277 g/mol. The minimum atomic E-state index is -0.313. The zero-order chi connectivity index (χ0) is 14.5.